The smallest absolute Gasteiger partial charge is 0.246 e. The van der Waals surface area contributed by atoms with E-state index in [0.717, 1.165) is 29.4 Å². The van der Waals surface area contributed by atoms with Crippen molar-refractivity contribution in [2.45, 2.75) is 0 Å². The van der Waals surface area contributed by atoms with Gasteiger partial charge in [-0.05, 0) is 48.0 Å². The number of hydrogen-bond acceptors (Lipinski definition) is 4. The van der Waals surface area contributed by atoms with Crippen LogP contribution in [0.1, 0.15) is 5.56 Å². The van der Waals surface area contributed by atoms with Crippen molar-refractivity contribution < 1.29 is 14.3 Å². The number of halogens is 1. The Morgan fingerprint density at radius 2 is 1.56 bits per heavy atom. The van der Waals surface area contributed by atoms with Crippen LogP contribution in [0.4, 0.5) is 5.69 Å². The molecular weight excluding hydrogens is 364 g/mol. The van der Waals surface area contributed by atoms with Gasteiger partial charge in [-0.25, -0.2) is 0 Å². The summed E-state index contributed by atoms with van der Waals surface area (Å²) in [5.41, 5.74) is 1.99. The first-order valence-corrected chi connectivity index (χ1v) is 9.17. The Labute approximate surface area is 164 Å². The first-order chi connectivity index (χ1) is 13.1. The van der Waals surface area contributed by atoms with Crippen LogP contribution in [-0.4, -0.2) is 51.2 Å². The Kier molecular flexibility index (Phi) is 6.24. The zero-order valence-corrected chi connectivity index (χ0v) is 16.3. The highest BCUT2D eigenvalue weighted by Gasteiger charge is 2.19. The van der Waals surface area contributed by atoms with Crippen LogP contribution in [0.15, 0.2) is 48.5 Å². The fourth-order valence-electron chi connectivity index (χ4n) is 3.04. The van der Waals surface area contributed by atoms with E-state index in [-0.39, 0.29) is 5.91 Å². The number of ether oxygens (including phenoxy) is 2. The van der Waals surface area contributed by atoms with Gasteiger partial charge in [0.05, 0.1) is 14.2 Å². The minimum Gasteiger partial charge on any atom is -0.497 e. The normalized spacial score (nSPS) is 14.5. The average molecular weight is 387 g/mol. The van der Waals surface area contributed by atoms with Crippen molar-refractivity contribution in [3.8, 4) is 11.5 Å². The predicted molar refractivity (Wildman–Crippen MR) is 109 cm³/mol. The molecule has 27 heavy (non-hydrogen) atoms. The SMILES string of the molecule is COc1cc(/C=C/C(=O)N2CCN(c3ccc(Cl)cc3)CC2)cc(OC)c1. The maximum Gasteiger partial charge on any atom is 0.246 e. The van der Waals surface area contributed by atoms with Gasteiger partial charge >= 0.3 is 0 Å². The van der Waals surface area contributed by atoms with Gasteiger partial charge in [0.2, 0.25) is 5.91 Å². The number of hydrogen-bond donors (Lipinski definition) is 0. The van der Waals surface area contributed by atoms with Crippen LogP contribution in [0.25, 0.3) is 6.08 Å². The van der Waals surface area contributed by atoms with Crippen molar-refractivity contribution in [2.75, 3.05) is 45.3 Å². The van der Waals surface area contributed by atoms with Crippen molar-refractivity contribution in [3.63, 3.8) is 0 Å². The summed E-state index contributed by atoms with van der Waals surface area (Å²) in [6.07, 6.45) is 3.39. The molecule has 0 unspecified atom stereocenters. The lowest BCUT2D eigenvalue weighted by molar-refractivity contribution is -0.126. The number of carbonyl (C=O) groups is 1. The molecule has 0 aromatic heterocycles. The lowest BCUT2D eigenvalue weighted by atomic mass is 10.1. The van der Waals surface area contributed by atoms with Gasteiger partial charge in [-0.3, -0.25) is 4.79 Å². The summed E-state index contributed by atoms with van der Waals surface area (Å²) >= 11 is 5.94. The van der Waals surface area contributed by atoms with Gasteiger partial charge in [0.1, 0.15) is 11.5 Å². The van der Waals surface area contributed by atoms with Gasteiger partial charge in [0.25, 0.3) is 0 Å². The quantitative estimate of drug-likeness (QED) is 0.734. The second kappa shape index (κ2) is 8.82. The summed E-state index contributed by atoms with van der Waals surface area (Å²) in [6.45, 7) is 2.98. The van der Waals surface area contributed by atoms with Crippen LogP contribution in [0.5, 0.6) is 11.5 Å². The topological polar surface area (TPSA) is 42.0 Å². The Morgan fingerprint density at radius 1 is 0.963 bits per heavy atom. The molecule has 1 fully saturated rings. The van der Waals surface area contributed by atoms with Gasteiger partial charge in [0, 0.05) is 49.0 Å². The van der Waals surface area contributed by atoms with E-state index in [1.807, 2.05) is 41.3 Å². The standard InChI is InChI=1S/C21H23ClN2O3/c1-26-19-13-16(14-20(15-19)27-2)3-8-21(25)24-11-9-23(10-12-24)18-6-4-17(22)5-7-18/h3-8,13-15H,9-12H2,1-2H3/b8-3+. The van der Waals surface area contributed by atoms with Crippen LogP contribution in [0.3, 0.4) is 0 Å². The molecule has 0 radical (unpaired) electrons. The van der Waals surface area contributed by atoms with Crippen LogP contribution < -0.4 is 14.4 Å². The summed E-state index contributed by atoms with van der Waals surface area (Å²) in [7, 11) is 3.21. The predicted octanol–water partition coefficient (Wildman–Crippen LogP) is 3.72. The molecule has 1 saturated heterocycles. The second-order valence-corrected chi connectivity index (χ2v) is 6.70. The first-order valence-electron chi connectivity index (χ1n) is 8.79. The zero-order chi connectivity index (χ0) is 19.2. The van der Waals surface area contributed by atoms with E-state index in [1.54, 1.807) is 32.4 Å². The third kappa shape index (κ3) is 4.95. The number of carbonyl (C=O) groups excluding carboxylic acids is 1. The number of methoxy groups -OCH3 is 2. The molecule has 0 saturated carbocycles. The fraction of sp³-hybridized carbons (Fsp3) is 0.286. The molecule has 6 heteroatoms. The summed E-state index contributed by atoms with van der Waals surface area (Å²) in [6, 6.07) is 13.3. The van der Waals surface area contributed by atoms with Crippen molar-refractivity contribution in [1.29, 1.82) is 0 Å². The highest BCUT2D eigenvalue weighted by atomic mass is 35.5. The van der Waals surface area contributed by atoms with Crippen LogP contribution in [0.2, 0.25) is 5.02 Å². The maximum atomic E-state index is 12.5. The minimum atomic E-state index is 0.00698. The van der Waals surface area contributed by atoms with Crippen molar-refractivity contribution >= 4 is 29.3 Å². The molecule has 1 aliphatic rings. The lowest BCUT2D eigenvalue weighted by Crippen LogP contribution is -2.48. The van der Waals surface area contributed by atoms with Gasteiger partial charge in [-0.2, -0.15) is 0 Å². The number of piperazine rings is 1. The molecule has 0 spiro atoms. The first kappa shape index (κ1) is 19.1. The third-order valence-corrected chi connectivity index (χ3v) is 4.83. The summed E-state index contributed by atoms with van der Waals surface area (Å²) < 4.78 is 10.5. The molecule has 1 aliphatic heterocycles. The molecule has 1 heterocycles. The molecule has 2 aromatic carbocycles. The number of amides is 1. The van der Waals surface area contributed by atoms with Gasteiger partial charge in [-0.15, -0.1) is 0 Å². The molecule has 0 N–H and O–H groups in total. The molecule has 2 aromatic rings. The monoisotopic (exact) mass is 386 g/mol. The molecule has 1 amide bonds. The van der Waals surface area contributed by atoms with Crippen LogP contribution >= 0.6 is 11.6 Å². The Morgan fingerprint density at radius 3 is 2.11 bits per heavy atom. The maximum absolute atomic E-state index is 12.5. The number of anilines is 1. The van der Waals surface area contributed by atoms with Crippen LogP contribution in [-0.2, 0) is 4.79 Å². The van der Waals surface area contributed by atoms with Crippen LogP contribution in [0, 0.1) is 0 Å². The lowest BCUT2D eigenvalue weighted by Gasteiger charge is -2.35. The van der Waals surface area contributed by atoms with E-state index >= 15 is 0 Å². The van der Waals surface area contributed by atoms with Crippen molar-refractivity contribution in [3.05, 3.63) is 59.1 Å². The Balaban J connectivity index is 1.59. The van der Waals surface area contributed by atoms with E-state index in [1.165, 1.54) is 0 Å². The van der Waals surface area contributed by atoms with E-state index in [0.29, 0.717) is 24.6 Å². The molecule has 0 atom stereocenters. The summed E-state index contributed by atoms with van der Waals surface area (Å²) in [5, 5.41) is 0.729. The van der Waals surface area contributed by atoms with E-state index in [2.05, 4.69) is 4.90 Å². The summed E-state index contributed by atoms with van der Waals surface area (Å²) in [5.74, 6) is 1.39. The molecule has 142 valence electrons. The Hall–Kier alpha value is -2.66. The molecule has 3 rings (SSSR count). The van der Waals surface area contributed by atoms with E-state index in [9.17, 15) is 4.79 Å². The van der Waals surface area contributed by atoms with E-state index < -0.39 is 0 Å². The largest absolute Gasteiger partial charge is 0.497 e. The Bertz CT molecular complexity index is 790. The van der Waals surface area contributed by atoms with Gasteiger partial charge in [-0.1, -0.05) is 11.6 Å². The summed E-state index contributed by atoms with van der Waals surface area (Å²) in [4.78, 5) is 16.6. The average Bonchev–Trinajstić information content (AvgIpc) is 2.72. The minimum absolute atomic E-state index is 0.00698. The third-order valence-electron chi connectivity index (χ3n) is 4.58. The van der Waals surface area contributed by atoms with Gasteiger partial charge < -0.3 is 19.3 Å². The molecule has 0 bridgehead atoms. The van der Waals surface area contributed by atoms with E-state index in [4.69, 9.17) is 21.1 Å². The fourth-order valence-corrected chi connectivity index (χ4v) is 3.16. The number of nitrogens with zero attached hydrogens (tertiary/aromatic N) is 2. The highest BCUT2D eigenvalue weighted by Crippen LogP contribution is 2.23. The number of rotatable bonds is 5. The zero-order valence-electron chi connectivity index (χ0n) is 15.5. The van der Waals surface area contributed by atoms with Crippen molar-refractivity contribution in [2.24, 2.45) is 0 Å². The molecular formula is C21H23ClN2O3. The number of benzene rings is 2. The molecule has 0 aliphatic carbocycles. The molecule has 5 nitrogen and oxygen atoms in total. The second-order valence-electron chi connectivity index (χ2n) is 6.27. The van der Waals surface area contributed by atoms with Crippen molar-refractivity contribution in [1.82, 2.24) is 4.90 Å². The van der Waals surface area contributed by atoms with Gasteiger partial charge in [0.15, 0.2) is 0 Å². The highest BCUT2D eigenvalue weighted by molar-refractivity contribution is 6.30.